The molecule has 104 valence electrons. The quantitative estimate of drug-likeness (QED) is 0.897. The van der Waals surface area contributed by atoms with Crippen molar-refractivity contribution in [1.29, 1.82) is 0 Å². The second kappa shape index (κ2) is 5.30. The predicted molar refractivity (Wildman–Crippen MR) is 73.2 cm³/mol. The summed E-state index contributed by atoms with van der Waals surface area (Å²) >= 11 is 0. The smallest absolute Gasteiger partial charge is 0.335 e. The lowest BCUT2D eigenvalue weighted by molar-refractivity contribution is 0.0696. The van der Waals surface area contributed by atoms with Gasteiger partial charge in [0.1, 0.15) is 5.82 Å². The first-order valence-electron chi connectivity index (χ1n) is 5.67. The van der Waals surface area contributed by atoms with Crippen LogP contribution in [-0.2, 0) is 10.0 Å². The summed E-state index contributed by atoms with van der Waals surface area (Å²) in [4.78, 5) is 14.6. The third-order valence-corrected chi connectivity index (χ3v) is 3.90. The van der Waals surface area contributed by atoms with Crippen molar-refractivity contribution < 1.29 is 18.3 Å². The summed E-state index contributed by atoms with van der Waals surface area (Å²) in [5, 5.41) is 8.87. The minimum Gasteiger partial charge on any atom is -0.478 e. The summed E-state index contributed by atoms with van der Waals surface area (Å²) in [5.74, 6) is -0.999. The molecule has 2 rings (SSSR count). The number of hydrogen-bond donors (Lipinski definition) is 2. The Labute approximate surface area is 116 Å². The Balaban J connectivity index is 2.35. The molecule has 0 bridgehead atoms. The fourth-order valence-corrected chi connectivity index (χ4v) is 2.63. The number of sulfonamides is 1. The summed E-state index contributed by atoms with van der Waals surface area (Å²) in [7, 11) is -3.86. The second-order valence-corrected chi connectivity index (χ2v) is 5.84. The van der Waals surface area contributed by atoms with Crippen molar-refractivity contribution in [3.05, 3.63) is 53.7 Å². The van der Waals surface area contributed by atoms with Crippen LogP contribution in [0, 0.1) is 6.92 Å². The zero-order chi connectivity index (χ0) is 14.8. The molecule has 0 aliphatic carbocycles. The van der Waals surface area contributed by atoms with E-state index in [4.69, 9.17) is 5.11 Å². The number of carbonyl (C=O) groups is 1. The highest BCUT2D eigenvalue weighted by Crippen LogP contribution is 2.16. The van der Waals surface area contributed by atoms with Crippen molar-refractivity contribution in [2.45, 2.75) is 11.8 Å². The number of nitrogens with one attached hydrogen (secondary N) is 1. The van der Waals surface area contributed by atoms with E-state index in [1.165, 1.54) is 24.4 Å². The molecule has 7 heteroatoms. The molecule has 0 amide bonds. The van der Waals surface area contributed by atoms with Crippen LogP contribution in [-0.4, -0.2) is 24.5 Å². The van der Waals surface area contributed by atoms with Crippen molar-refractivity contribution >= 4 is 21.8 Å². The van der Waals surface area contributed by atoms with Gasteiger partial charge >= 0.3 is 5.97 Å². The zero-order valence-electron chi connectivity index (χ0n) is 10.6. The van der Waals surface area contributed by atoms with E-state index in [2.05, 4.69) is 9.71 Å². The molecule has 2 aromatic rings. The molecule has 6 nitrogen and oxygen atoms in total. The summed E-state index contributed by atoms with van der Waals surface area (Å²) in [6.45, 7) is 1.81. The number of aromatic nitrogens is 1. The molecule has 0 unspecified atom stereocenters. The van der Waals surface area contributed by atoms with Crippen molar-refractivity contribution in [2.75, 3.05) is 4.72 Å². The van der Waals surface area contributed by atoms with Gasteiger partial charge in [-0.3, -0.25) is 4.72 Å². The van der Waals surface area contributed by atoms with Crippen LogP contribution < -0.4 is 4.72 Å². The second-order valence-electron chi connectivity index (χ2n) is 4.16. The predicted octanol–water partition coefficient (Wildman–Crippen LogP) is 1.89. The number of carboxylic acid groups (broad SMARTS) is 1. The number of anilines is 1. The molecule has 0 aliphatic heterocycles. The molecule has 20 heavy (non-hydrogen) atoms. The highest BCUT2D eigenvalue weighted by molar-refractivity contribution is 7.92. The van der Waals surface area contributed by atoms with Gasteiger partial charge in [0.2, 0.25) is 0 Å². The average molecular weight is 292 g/mol. The summed E-state index contributed by atoms with van der Waals surface area (Å²) in [5.41, 5.74) is 0.766. The molecule has 0 fully saturated rings. The molecule has 1 aromatic heterocycles. The molecule has 0 atom stereocenters. The zero-order valence-corrected chi connectivity index (χ0v) is 11.4. The van der Waals surface area contributed by atoms with Gasteiger partial charge in [-0.1, -0.05) is 6.07 Å². The van der Waals surface area contributed by atoms with E-state index in [1.807, 2.05) is 6.92 Å². The number of rotatable bonds is 4. The molecular formula is C13H12N2O4S. The summed E-state index contributed by atoms with van der Waals surface area (Å²) < 4.78 is 26.6. The number of hydrogen-bond acceptors (Lipinski definition) is 4. The maximum Gasteiger partial charge on any atom is 0.335 e. The molecular weight excluding hydrogens is 280 g/mol. The van der Waals surface area contributed by atoms with Crippen LogP contribution in [0.15, 0.2) is 47.5 Å². The van der Waals surface area contributed by atoms with E-state index in [-0.39, 0.29) is 16.3 Å². The van der Waals surface area contributed by atoms with Crippen LogP contribution in [0.5, 0.6) is 0 Å². The number of pyridine rings is 1. The molecule has 0 saturated heterocycles. The van der Waals surface area contributed by atoms with Gasteiger partial charge in [0.15, 0.2) is 0 Å². The topological polar surface area (TPSA) is 96.4 Å². The number of aromatic carboxylic acids is 1. The van der Waals surface area contributed by atoms with Crippen LogP contribution in [0.25, 0.3) is 0 Å². The molecule has 2 N–H and O–H groups in total. The number of benzene rings is 1. The summed E-state index contributed by atoms with van der Waals surface area (Å²) in [6.07, 6.45) is 1.49. The summed E-state index contributed by atoms with van der Waals surface area (Å²) in [6, 6.07) is 8.44. The Morgan fingerprint density at radius 1 is 1.25 bits per heavy atom. The van der Waals surface area contributed by atoms with Crippen molar-refractivity contribution in [2.24, 2.45) is 0 Å². The Bertz CT molecular complexity index is 756. The third-order valence-electron chi connectivity index (χ3n) is 2.55. The lowest BCUT2D eigenvalue weighted by atomic mass is 10.2. The normalized spacial score (nSPS) is 11.1. The lowest BCUT2D eigenvalue weighted by Gasteiger charge is -2.08. The van der Waals surface area contributed by atoms with Gasteiger partial charge in [-0.2, -0.15) is 0 Å². The molecule has 0 aliphatic rings. The van der Waals surface area contributed by atoms with Crippen LogP contribution >= 0.6 is 0 Å². The maximum atomic E-state index is 12.1. The average Bonchev–Trinajstić information content (AvgIpc) is 2.38. The van der Waals surface area contributed by atoms with Crippen LogP contribution in [0.3, 0.4) is 0 Å². The Morgan fingerprint density at radius 2 is 2.00 bits per heavy atom. The van der Waals surface area contributed by atoms with E-state index in [0.29, 0.717) is 0 Å². The molecule has 0 radical (unpaired) electrons. The van der Waals surface area contributed by atoms with Crippen LogP contribution in [0.4, 0.5) is 5.82 Å². The minimum atomic E-state index is -3.86. The molecule has 0 saturated carbocycles. The highest BCUT2D eigenvalue weighted by Gasteiger charge is 2.16. The van der Waals surface area contributed by atoms with E-state index in [1.54, 1.807) is 12.1 Å². The number of carboxylic acids is 1. The van der Waals surface area contributed by atoms with E-state index in [0.717, 1.165) is 11.6 Å². The van der Waals surface area contributed by atoms with Gasteiger partial charge in [0.05, 0.1) is 10.5 Å². The highest BCUT2D eigenvalue weighted by atomic mass is 32.2. The SMILES string of the molecule is Cc1ccnc(NS(=O)(=O)c2cccc(C(=O)O)c2)c1. The van der Waals surface area contributed by atoms with Gasteiger partial charge < -0.3 is 5.11 Å². The molecule has 0 spiro atoms. The Kier molecular flexibility index (Phi) is 3.71. The van der Waals surface area contributed by atoms with Gasteiger partial charge in [-0.15, -0.1) is 0 Å². The van der Waals surface area contributed by atoms with Crippen molar-refractivity contribution in [1.82, 2.24) is 4.98 Å². The first-order valence-corrected chi connectivity index (χ1v) is 7.16. The van der Waals surface area contributed by atoms with E-state index >= 15 is 0 Å². The van der Waals surface area contributed by atoms with Crippen molar-refractivity contribution in [3.8, 4) is 0 Å². The van der Waals surface area contributed by atoms with E-state index < -0.39 is 16.0 Å². The van der Waals surface area contributed by atoms with Gasteiger partial charge in [0, 0.05) is 6.20 Å². The van der Waals surface area contributed by atoms with E-state index in [9.17, 15) is 13.2 Å². The number of aryl methyl sites for hydroxylation is 1. The largest absolute Gasteiger partial charge is 0.478 e. The Hall–Kier alpha value is -2.41. The van der Waals surface area contributed by atoms with Gasteiger partial charge in [-0.25, -0.2) is 18.2 Å². The monoisotopic (exact) mass is 292 g/mol. The minimum absolute atomic E-state index is 0.0925. The fraction of sp³-hybridized carbons (Fsp3) is 0.0769. The van der Waals surface area contributed by atoms with Crippen molar-refractivity contribution in [3.63, 3.8) is 0 Å². The lowest BCUT2D eigenvalue weighted by Crippen LogP contribution is -2.14. The first-order chi connectivity index (χ1) is 9.38. The first kappa shape index (κ1) is 14.0. The molecule has 1 aromatic carbocycles. The standard InChI is InChI=1S/C13H12N2O4S/c1-9-5-6-14-12(7-9)15-20(18,19)11-4-2-3-10(8-11)13(16)17/h2-8H,1H3,(H,14,15)(H,16,17). The van der Waals surface area contributed by atoms with Gasteiger partial charge in [0.25, 0.3) is 10.0 Å². The third kappa shape index (κ3) is 3.12. The fourth-order valence-electron chi connectivity index (χ4n) is 1.58. The van der Waals surface area contributed by atoms with Crippen LogP contribution in [0.1, 0.15) is 15.9 Å². The maximum absolute atomic E-state index is 12.1. The number of nitrogens with zero attached hydrogens (tertiary/aromatic N) is 1. The van der Waals surface area contributed by atoms with Crippen LogP contribution in [0.2, 0.25) is 0 Å². The van der Waals surface area contributed by atoms with Gasteiger partial charge in [-0.05, 0) is 42.8 Å². The molecule has 1 heterocycles. The Morgan fingerprint density at radius 3 is 2.65 bits per heavy atom.